The molecule has 1 aliphatic heterocycles. The molecule has 3 aromatic rings. The van der Waals surface area contributed by atoms with E-state index >= 15 is 0 Å². The van der Waals surface area contributed by atoms with Gasteiger partial charge in [-0.15, -0.1) is 13.2 Å². The van der Waals surface area contributed by atoms with E-state index in [1.807, 2.05) is 0 Å². The largest absolute Gasteiger partial charge is 0.573 e. The van der Waals surface area contributed by atoms with Crippen molar-refractivity contribution in [2.24, 2.45) is 0 Å². The normalized spacial score (nSPS) is 13.7. The molecular formula is C20H14ClF3N2O5. The first-order valence-electron chi connectivity index (χ1n) is 8.97. The summed E-state index contributed by atoms with van der Waals surface area (Å²) in [6, 6.07) is 7.03. The maximum Gasteiger partial charge on any atom is 0.573 e. The van der Waals surface area contributed by atoms with Gasteiger partial charge in [0.2, 0.25) is 0 Å². The number of halogens is 4. The number of rotatable bonds is 3. The summed E-state index contributed by atoms with van der Waals surface area (Å²) in [4.78, 5) is 14.3. The van der Waals surface area contributed by atoms with Gasteiger partial charge in [-0.2, -0.15) is 0 Å². The summed E-state index contributed by atoms with van der Waals surface area (Å²) in [7, 11) is 0. The van der Waals surface area contributed by atoms with Crippen LogP contribution in [0.3, 0.4) is 0 Å². The predicted molar refractivity (Wildman–Crippen MR) is 102 cm³/mol. The van der Waals surface area contributed by atoms with Gasteiger partial charge in [-0.3, -0.25) is 4.79 Å². The number of aromatic nitrogens is 1. The Hall–Kier alpha value is -3.40. The molecule has 31 heavy (non-hydrogen) atoms. The van der Waals surface area contributed by atoms with Crippen LogP contribution in [0.1, 0.15) is 21.6 Å². The Labute approximate surface area is 178 Å². The third kappa shape index (κ3) is 4.24. The molecule has 0 atom stereocenters. The molecule has 11 heteroatoms. The van der Waals surface area contributed by atoms with E-state index in [4.69, 9.17) is 16.1 Å². The number of amides is 1. The third-order valence-electron chi connectivity index (χ3n) is 4.77. The van der Waals surface area contributed by atoms with Crippen molar-refractivity contribution in [3.63, 3.8) is 0 Å². The second-order valence-electron chi connectivity index (χ2n) is 6.81. The number of nitrogens with zero attached hydrogens (tertiary/aromatic N) is 2. The summed E-state index contributed by atoms with van der Waals surface area (Å²) >= 11 is 5.93. The minimum absolute atomic E-state index is 0.00265. The van der Waals surface area contributed by atoms with Crippen LogP contribution in [-0.2, 0) is 13.0 Å². The molecule has 2 aromatic carbocycles. The van der Waals surface area contributed by atoms with Crippen molar-refractivity contribution in [2.75, 3.05) is 6.54 Å². The van der Waals surface area contributed by atoms with Gasteiger partial charge in [-0.1, -0.05) is 16.8 Å². The van der Waals surface area contributed by atoms with Crippen LogP contribution in [0.25, 0.3) is 11.3 Å². The first-order valence-corrected chi connectivity index (χ1v) is 9.34. The average Bonchev–Trinajstić information content (AvgIpc) is 3.12. The number of phenolic OH excluding ortho intramolecular Hbond substituents is 2. The lowest BCUT2D eigenvalue weighted by Gasteiger charge is -2.26. The maximum atomic E-state index is 12.8. The van der Waals surface area contributed by atoms with E-state index in [2.05, 4.69) is 9.89 Å². The fourth-order valence-electron chi connectivity index (χ4n) is 3.31. The minimum Gasteiger partial charge on any atom is -0.507 e. The highest BCUT2D eigenvalue weighted by molar-refractivity contribution is 6.32. The SMILES string of the molecule is O=C(c1ccc(OC(F)(F)F)cc1)N1CCc2noc(-c3cc(Cl)c(O)cc3O)c2C1. The molecule has 0 radical (unpaired) electrons. The Balaban J connectivity index is 1.57. The maximum absolute atomic E-state index is 12.8. The number of aromatic hydroxyl groups is 2. The Kier molecular flexibility index (Phi) is 5.18. The smallest absolute Gasteiger partial charge is 0.507 e. The van der Waals surface area contributed by atoms with Crippen LogP contribution >= 0.6 is 11.6 Å². The molecule has 0 aliphatic carbocycles. The van der Waals surface area contributed by atoms with Gasteiger partial charge >= 0.3 is 6.36 Å². The number of ether oxygens (including phenoxy) is 1. The molecule has 7 nitrogen and oxygen atoms in total. The zero-order valence-corrected chi connectivity index (χ0v) is 16.4. The molecule has 1 aromatic heterocycles. The van der Waals surface area contributed by atoms with Gasteiger partial charge in [0, 0.05) is 30.2 Å². The van der Waals surface area contributed by atoms with Gasteiger partial charge in [-0.05, 0) is 30.3 Å². The fourth-order valence-corrected chi connectivity index (χ4v) is 3.48. The number of hydrogen-bond donors (Lipinski definition) is 2. The molecule has 0 bridgehead atoms. The lowest BCUT2D eigenvalue weighted by molar-refractivity contribution is -0.274. The number of fused-ring (bicyclic) bond motifs is 1. The van der Waals surface area contributed by atoms with Gasteiger partial charge in [0.1, 0.15) is 17.2 Å². The summed E-state index contributed by atoms with van der Waals surface area (Å²) in [5.74, 6) is -1.19. The van der Waals surface area contributed by atoms with Crippen molar-refractivity contribution in [3.05, 3.63) is 58.2 Å². The predicted octanol–water partition coefficient (Wildman–Crippen LogP) is 4.50. The third-order valence-corrected chi connectivity index (χ3v) is 5.07. The van der Waals surface area contributed by atoms with Gasteiger partial charge in [0.15, 0.2) is 5.76 Å². The van der Waals surface area contributed by atoms with Gasteiger partial charge < -0.3 is 24.4 Å². The Morgan fingerprint density at radius 2 is 1.87 bits per heavy atom. The number of hydrogen-bond acceptors (Lipinski definition) is 6. The molecule has 0 saturated carbocycles. The highest BCUT2D eigenvalue weighted by Crippen LogP contribution is 2.40. The molecule has 162 valence electrons. The van der Waals surface area contributed by atoms with E-state index in [9.17, 15) is 28.2 Å². The molecule has 0 spiro atoms. The Morgan fingerprint density at radius 3 is 2.55 bits per heavy atom. The quantitative estimate of drug-likeness (QED) is 0.605. The van der Waals surface area contributed by atoms with Gasteiger partial charge in [0.05, 0.1) is 22.8 Å². The summed E-state index contributed by atoms with van der Waals surface area (Å²) in [5, 5.41) is 23.8. The van der Waals surface area contributed by atoms with Crippen LogP contribution in [-0.4, -0.2) is 39.1 Å². The highest BCUT2D eigenvalue weighted by Gasteiger charge is 2.32. The zero-order chi connectivity index (χ0) is 22.3. The van der Waals surface area contributed by atoms with Crippen LogP contribution in [0.2, 0.25) is 5.02 Å². The standard InChI is InChI=1S/C20H14ClF3N2O5/c21-14-7-12(16(27)8-17(14)28)18-13-9-26(6-5-15(13)25-31-18)19(29)10-1-3-11(4-2-10)30-20(22,23)24/h1-4,7-8,27-28H,5-6,9H2. The lowest BCUT2D eigenvalue weighted by Crippen LogP contribution is -2.35. The molecule has 1 aliphatic rings. The summed E-state index contributed by atoms with van der Waals surface area (Å²) in [6.45, 7) is 0.423. The van der Waals surface area contributed by atoms with Crippen molar-refractivity contribution >= 4 is 17.5 Å². The minimum atomic E-state index is -4.82. The summed E-state index contributed by atoms with van der Waals surface area (Å²) in [5.41, 5.74) is 1.57. The number of carbonyl (C=O) groups excluding carboxylic acids is 1. The van der Waals surface area contributed by atoms with Crippen molar-refractivity contribution in [1.82, 2.24) is 10.1 Å². The van der Waals surface area contributed by atoms with Crippen LogP contribution in [0.4, 0.5) is 13.2 Å². The van der Waals surface area contributed by atoms with E-state index in [0.717, 1.165) is 18.2 Å². The molecular weight excluding hydrogens is 441 g/mol. The van der Waals surface area contributed by atoms with E-state index < -0.39 is 18.0 Å². The number of alkyl halides is 3. The highest BCUT2D eigenvalue weighted by atomic mass is 35.5. The molecule has 0 fully saturated rings. The van der Waals surface area contributed by atoms with Crippen molar-refractivity contribution in [2.45, 2.75) is 19.3 Å². The van der Waals surface area contributed by atoms with E-state index in [1.54, 1.807) is 0 Å². The van der Waals surface area contributed by atoms with E-state index in [-0.39, 0.29) is 40.0 Å². The van der Waals surface area contributed by atoms with Crippen LogP contribution in [0, 0.1) is 0 Å². The molecule has 4 rings (SSSR count). The monoisotopic (exact) mass is 454 g/mol. The van der Waals surface area contributed by atoms with Crippen molar-refractivity contribution in [3.8, 4) is 28.6 Å². The van der Waals surface area contributed by atoms with Crippen molar-refractivity contribution < 1.29 is 37.4 Å². The number of carbonyl (C=O) groups is 1. The van der Waals surface area contributed by atoms with Gasteiger partial charge in [0.25, 0.3) is 5.91 Å². The molecule has 0 unspecified atom stereocenters. The number of phenols is 2. The molecule has 2 N–H and O–H groups in total. The summed E-state index contributed by atoms with van der Waals surface area (Å²) in [6.07, 6.45) is -4.44. The second kappa shape index (κ2) is 7.69. The zero-order valence-electron chi connectivity index (χ0n) is 15.6. The average molecular weight is 455 g/mol. The molecule has 0 saturated heterocycles. The molecule has 2 heterocycles. The van der Waals surface area contributed by atoms with Crippen LogP contribution in [0.5, 0.6) is 17.2 Å². The second-order valence-corrected chi connectivity index (χ2v) is 7.21. The van der Waals surface area contributed by atoms with E-state index in [0.29, 0.717) is 24.2 Å². The first kappa shape index (κ1) is 20.9. The topological polar surface area (TPSA) is 96.0 Å². The van der Waals surface area contributed by atoms with Gasteiger partial charge in [-0.25, -0.2) is 0 Å². The Bertz CT molecular complexity index is 1140. The van der Waals surface area contributed by atoms with E-state index in [1.165, 1.54) is 23.1 Å². The molecule has 1 amide bonds. The van der Waals surface area contributed by atoms with Crippen LogP contribution in [0.15, 0.2) is 40.9 Å². The first-order chi connectivity index (χ1) is 14.6. The van der Waals surface area contributed by atoms with Crippen molar-refractivity contribution in [1.29, 1.82) is 0 Å². The number of benzene rings is 2. The lowest BCUT2D eigenvalue weighted by atomic mass is 10.00. The fraction of sp³-hybridized carbons (Fsp3) is 0.200. The van der Waals surface area contributed by atoms with Crippen LogP contribution < -0.4 is 4.74 Å². The Morgan fingerprint density at radius 1 is 1.16 bits per heavy atom. The summed E-state index contributed by atoms with van der Waals surface area (Å²) < 4.78 is 46.1.